The molecular weight excluding hydrogens is 282 g/mol. The number of carboxylic acids is 1. The van der Waals surface area contributed by atoms with Crippen LogP contribution in [0.4, 0.5) is 4.79 Å². The Morgan fingerprint density at radius 3 is 2.45 bits per heavy atom. The van der Waals surface area contributed by atoms with E-state index in [2.05, 4.69) is 6.58 Å². The maximum atomic E-state index is 11.8. The SMILES string of the molecule is C=CCOC(=O)N1CCC(Cc2ccccc2)(C(=O)O)CC1. The first kappa shape index (κ1) is 16.1. The van der Waals surface area contributed by atoms with Crippen LogP contribution in [0.5, 0.6) is 0 Å². The zero-order valence-corrected chi connectivity index (χ0v) is 12.5. The van der Waals surface area contributed by atoms with Crippen LogP contribution < -0.4 is 0 Å². The molecule has 0 atom stereocenters. The van der Waals surface area contributed by atoms with E-state index in [1.54, 1.807) is 4.90 Å². The lowest BCUT2D eigenvalue weighted by Gasteiger charge is -2.38. The summed E-state index contributed by atoms with van der Waals surface area (Å²) in [5, 5.41) is 9.67. The number of ether oxygens (including phenoxy) is 1. The highest BCUT2D eigenvalue weighted by Gasteiger charge is 2.42. The number of likely N-dealkylation sites (tertiary alicyclic amines) is 1. The van der Waals surface area contributed by atoms with Gasteiger partial charge in [0.1, 0.15) is 6.61 Å². The highest BCUT2D eigenvalue weighted by molar-refractivity contribution is 5.76. The third-order valence-corrected chi connectivity index (χ3v) is 4.14. The number of carbonyl (C=O) groups is 2. The summed E-state index contributed by atoms with van der Waals surface area (Å²) in [7, 11) is 0. The van der Waals surface area contributed by atoms with E-state index < -0.39 is 17.5 Å². The Bertz CT molecular complexity index is 533. The molecule has 1 aromatic rings. The van der Waals surface area contributed by atoms with Crippen LogP contribution in [-0.4, -0.2) is 41.8 Å². The third kappa shape index (κ3) is 3.67. The summed E-state index contributed by atoms with van der Waals surface area (Å²) in [4.78, 5) is 25.2. The van der Waals surface area contributed by atoms with Crippen LogP contribution in [0.1, 0.15) is 18.4 Å². The molecule has 0 aromatic heterocycles. The number of rotatable bonds is 5. The monoisotopic (exact) mass is 303 g/mol. The first-order chi connectivity index (χ1) is 10.6. The zero-order chi connectivity index (χ0) is 16.0. The van der Waals surface area contributed by atoms with E-state index in [0.29, 0.717) is 32.4 Å². The van der Waals surface area contributed by atoms with E-state index in [9.17, 15) is 14.7 Å². The Balaban J connectivity index is 2.02. The van der Waals surface area contributed by atoms with Gasteiger partial charge in [-0.15, -0.1) is 0 Å². The molecule has 0 radical (unpaired) electrons. The van der Waals surface area contributed by atoms with Crippen LogP contribution in [0.3, 0.4) is 0 Å². The largest absolute Gasteiger partial charge is 0.481 e. The summed E-state index contributed by atoms with van der Waals surface area (Å²) in [6.07, 6.45) is 2.46. The molecule has 0 unspecified atom stereocenters. The number of hydrogen-bond donors (Lipinski definition) is 1. The first-order valence-corrected chi connectivity index (χ1v) is 7.37. The number of carboxylic acid groups (broad SMARTS) is 1. The van der Waals surface area contributed by atoms with Crippen molar-refractivity contribution < 1.29 is 19.4 Å². The second-order valence-corrected chi connectivity index (χ2v) is 5.60. The van der Waals surface area contributed by atoms with Crippen LogP contribution in [0.15, 0.2) is 43.0 Å². The second kappa shape index (κ2) is 7.11. The Kier molecular flexibility index (Phi) is 5.20. The van der Waals surface area contributed by atoms with Gasteiger partial charge in [0, 0.05) is 13.1 Å². The minimum absolute atomic E-state index is 0.170. The fraction of sp³-hybridized carbons (Fsp3) is 0.412. The average molecular weight is 303 g/mol. The van der Waals surface area contributed by atoms with Gasteiger partial charge in [0.2, 0.25) is 0 Å². The molecule has 1 fully saturated rings. The van der Waals surface area contributed by atoms with Gasteiger partial charge in [-0.3, -0.25) is 4.79 Å². The number of aliphatic carboxylic acids is 1. The third-order valence-electron chi connectivity index (χ3n) is 4.14. The van der Waals surface area contributed by atoms with E-state index >= 15 is 0 Å². The van der Waals surface area contributed by atoms with Gasteiger partial charge in [-0.1, -0.05) is 43.0 Å². The van der Waals surface area contributed by atoms with Gasteiger partial charge < -0.3 is 14.7 Å². The molecule has 1 heterocycles. The van der Waals surface area contributed by atoms with Crippen molar-refractivity contribution in [3.05, 3.63) is 48.6 Å². The van der Waals surface area contributed by atoms with Gasteiger partial charge in [-0.2, -0.15) is 0 Å². The highest BCUT2D eigenvalue weighted by atomic mass is 16.6. The summed E-state index contributed by atoms with van der Waals surface area (Å²) >= 11 is 0. The predicted octanol–water partition coefficient (Wildman–Crippen LogP) is 2.72. The number of benzene rings is 1. The van der Waals surface area contributed by atoms with Crippen molar-refractivity contribution in [1.82, 2.24) is 4.90 Å². The lowest BCUT2D eigenvalue weighted by atomic mass is 9.74. The molecule has 118 valence electrons. The predicted molar refractivity (Wildman–Crippen MR) is 82.6 cm³/mol. The Morgan fingerprint density at radius 1 is 1.27 bits per heavy atom. The molecule has 0 saturated carbocycles. The second-order valence-electron chi connectivity index (χ2n) is 5.60. The average Bonchev–Trinajstić information content (AvgIpc) is 2.54. The Morgan fingerprint density at radius 2 is 1.91 bits per heavy atom. The molecular formula is C17H21NO4. The molecule has 1 saturated heterocycles. The number of piperidine rings is 1. The van der Waals surface area contributed by atoms with Crippen LogP contribution in [0, 0.1) is 5.41 Å². The van der Waals surface area contributed by atoms with Gasteiger partial charge in [-0.25, -0.2) is 4.79 Å². The Hall–Kier alpha value is -2.30. The van der Waals surface area contributed by atoms with Crippen molar-refractivity contribution in [2.75, 3.05) is 19.7 Å². The first-order valence-electron chi connectivity index (χ1n) is 7.37. The fourth-order valence-electron chi connectivity index (χ4n) is 2.79. The molecule has 5 heteroatoms. The van der Waals surface area contributed by atoms with Gasteiger partial charge in [-0.05, 0) is 24.8 Å². The summed E-state index contributed by atoms with van der Waals surface area (Å²) in [6.45, 7) is 4.46. The minimum atomic E-state index is -0.809. The van der Waals surface area contributed by atoms with Gasteiger partial charge >= 0.3 is 12.1 Å². The van der Waals surface area contributed by atoms with E-state index in [-0.39, 0.29) is 6.61 Å². The minimum Gasteiger partial charge on any atom is -0.481 e. The normalized spacial score (nSPS) is 16.8. The lowest BCUT2D eigenvalue weighted by molar-refractivity contribution is -0.151. The summed E-state index contributed by atoms with van der Waals surface area (Å²) < 4.78 is 5.00. The van der Waals surface area contributed by atoms with Crippen molar-refractivity contribution in [3.8, 4) is 0 Å². The molecule has 1 aliphatic rings. The van der Waals surface area contributed by atoms with Gasteiger partial charge in [0.05, 0.1) is 5.41 Å². The van der Waals surface area contributed by atoms with Crippen molar-refractivity contribution >= 4 is 12.1 Å². The lowest BCUT2D eigenvalue weighted by Crippen LogP contribution is -2.47. The van der Waals surface area contributed by atoms with Gasteiger partial charge in [0.25, 0.3) is 0 Å². The van der Waals surface area contributed by atoms with E-state index in [0.717, 1.165) is 5.56 Å². The molecule has 1 amide bonds. The number of amides is 1. The van der Waals surface area contributed by atoms with Crippen LogP contribution in [-0.2, 0) is 16.0 Å². The molecule has 1 N–H and O–H groups in total. The summed E-state index contributed by atoms with van der Waals surface area (Å²) in [6, 6.07) is 9.61. The highest BCUT2D eigenvalue weighted by Crippen LogP contribution is 2.35. The molecule has 0 spiro atoms. The summed E-state index contributed by atoms with van der Waals surface area (Å²) in [5.41, 5.74) is 0.198. The maximum absolute atomic E-state index is 11.8. The topological polar surface area (TPSA) is 66.8 Å². The van der Waals surface area contributed by atoms with Gasteiger partial charge in [0.15, 0.2) is 0 Å². The van der Waals surface area contributed by atoms with Crippen molar-refractivity contribution in [3.63, 3.8) is 0 Å². The van der Waals surface area contributed by atoms with E-state index in [1.165, 1.54) is 6.08 Å². The Labute approximate surface area is 130 Å². The van der Waals surface area contributed by atoms with Crippen LogP contribution >= 0.6 is 0 Å². The molecule has 0 aliphatic carbocycles. The summed E-state index contributed by atoms with van der Waals surface area (Å²) in [5.74, 6) is -0.796. The standard InChI is InChI=1S/C17H21NO4/c1-2-12-22-16(21)18-10-8-17(9-11-18,15(19)20)13-14-6-4-3-5-7-14/h2-7H,1,8-13H2,(H,19,20). The smallest absolute Gasteiger partial charge is 0.410 e. The molecule has 1 aliphatic heterocycles. The molecule has 1 aromatic carbocycles. The number of hydrogen-bond acceptors (Lipinski definition) is 3. The van der Waals surface area contributed by atoms with Crippen LogP contribution in [0.2, 0.25) is 0 Å². The molecule has 0 bridgehead atoms. The quantitative estimate of drug-likeness (QED) is 0.849. The molecule has 22 heavy (non-hydrogen) atoms. The fourth-order valence-corrected chi connectivity index (χ4v) is 2.79. The maximum Gasteiger partial charge on any atom is 0.410 e. The van der Waals surface area contributed by atoms with E-state index in [4.69, 9.17) is 4.74 Å². The van der Waals surface area contributed by atoms with Crippen LogP contribution in [0.25, 0.3) is 0 Å². The van der Waals surface area contributed by atoms with Crippen molar-refractivity contribution in [2.24, 2.45) is 5.41 Å². The number of nitrogens with zero attached hydrogens (tertiary/aromatic N) is 1. The van der Waals surface area contributed by atoms with Crippen molar-refractivity contribution in [1.29, 1.82) is 0 Å². The number of carbonyl (C=O) groups excluding carboxylic acids is 1. The molecule has 2 rings (SSSR count). The van der Waals surface area contributed by atoms with Crippen molar-refractivity contribution in [2.45, 2.75) is 19.3 Å². The van der Waals surface area contributed by atoms with E-state index in [1.807, 2.05) is 30.3 Å². The zero-order valence-electron chi connectivity index (χ0n) is 12.5. The molecule has 5 nitrogen and oxygen atoms in total.